The Morgan fingerprint density at radius 1 is 1.38 bits per heavy atom. The molecule has 0 aliphatic rings. The summed E-state index contributed by atoms with van der Waals surface area (Å²) in [6.45, 7) is 2.07. The molecule has 4 heteroatoms. The van der Waals surface area contributed by atoms with E-state index in [4.69, 9.17) is 5.73 Å². The average Bonchev–Trinajstić information content (AvgIpc) is 2.22. The second-order valence-corrected chi connectivity index (χ2v) is 4.59. The van der Waals surface area contributed by atoms with Crippen LogP contribution in [-0.4, -0.2) is 4.98 Å². The number of anilines is 1. The first-order valence-corrected chi connectivity index (χ1v) is 5.95. The van der Waals surface area contributed by atoms with Gasteiger partial charge in [-0.05, 0) is 34.5 Å². The van der Waals surface area contributed by atoms with Crippen LogP contribution in [0.15, 0.2) is 22.7 Å². The van der Waals surface area contributed by atoms with Crippen LogP contribution in [-0.2, 0) is 6.42 Å². The van der Waals surface area contributed by atoms with E-state index in [2.05, 4.69) is 27.8 Å². The summed E-state index contributed by atoms with van der Waals surface area (Å²) >= 11 is 3.14. The Hall–Kier alpha value is -1.16. The van der Waals surface area contributed by atoms with Crippen LogP contribution in [0.3, 0.4) is 0 Å². The number of nitrogen functional groups attached to an aromatic ring is 1. The van der Waals surface area contributed by atoms with Crippen molar-refractivity contribution in [2.75, 3.05) is 5.73 Å². The van der Waals surface area contributed by atoms with Gasteiger partial charge in [0.25, 0.3) is 0 Å². The quantitative estimate of drug-likeness (QED) is 0.913. The van der Waals surface area contributed by atoms with Crippen LogP contribution in [0, 0.1) is 5.82 Å². The van der Waals surface area contributed by atoms with E-state index < -0.39 is 0 Å². The summed E-state index contributed by atoms with van der Waals surface area (Å²) in [5.41, 5.74) is 8.10. The van der Waals surface area contributed by atoms with Gasteiger partial charge < -0.3 is 5.73 Å². The fourth-order valence-electron chi connectivity index (χ4n) is 1.69. The molecule has 2 nitrogen and oxygen atoms in total. The van der Waals surface area contributed by atoms with E-state index in [1.54, 1.807) is 6.07 Å². The van der Waals surface area contributed by atoms with Crippen molar-refractivity contribution in [3.8, 4) is 0 Å². The number of hydrogen-bond donors (Lipinski definition) is 1. The monoisotopic (exact) mass is 282 g/mol. The van der Waals surface area contributed by atoms with Crippen molar-refractivity contribution in [3.05, 3.63) is 34.2 Å². The van der Waals surface area contributed by atoms with E-state index in [0.29, 0.717) is 15.7 Å². The molecule has 1 heterocycles. The molecule has 0 atom stereocenters. The van der Waals surface area contributed by atoms with Gasteiger partial charge in [-0.15, -0.1) is 0 Å². The van der Waals surface area contributed by atoms with Crippen molar-refractivity contribution in [1.29, 1.82) is 0 Å². The van der Waals surface area contributed by atoms with E-state index in [0.717, 1.165) is 23.9 Å². The Bertz CT molecular complexity index is 540. The number of halogens is 2. The highest BCUT2D eigenvalue weighted by Gasteiger charge is 2.07. The summed E-state index contributed by atoms with van der Waals surface area (Å²) in [7, 11) is 0. The number of benzene rings is 1. The van der Waals surface area contributed by atoms with Crippen molar-refractivity contribution in [3.63, 3.8) is 0 Å². The summed E-state index contributed by atoms with van der Waals surface area (Å²) < 4.78 is 13.8. The minimum atomic E-state index is -0.312. The molecule has 1 aromatic heterocycles. The Morgan fingerprint density at radius 3 is 2.81 bits per heavy atom. The fourth-order valence-corrected chi connectivity index (χ4v) is 2.03. The lowest BCUT2D eigenvalue weighted by molar-refractivity contribution is 0.622. The van der Waals surface area contributed by atoms with Crippen LogP contribution in [0.2, 0.25) is 0 Å². The standard InChI is InChI=1S/C12H12BrFN2/c1-2-3-7-4-11(15)8-5-9(13)10(14)6-12(8)16-7/h4-6H,2-3H2,1H3,(H2,15,16). The largest absolute Gasteiger partial charge is 0.398 e. The number of pyridine rings is 1. The molecule has 0 unspecified atom stereocenters. The van der Waals surface area contributed by atoms with Gasteiger partial charge in [-0.2, -0.15) is 0 Å². The van der Waals surface area contributed by atoms with Gasteiger partial charge in [-0.1, -0.05) is 13.3 Å². The highest BCUT2D eigenvalue weighted by molar-refractivity contribution is 9.10. The van der Waals surface area contributed by atoms with Crippen molar-refractivity contribution in [2.45, 2.75) is 19.8 Å². The van der Waals surface area contributed by atoms with Crippen molar-refractivity contribution in [1.82, 2.24) is 4.98 Å². The third-order valence-corrected chi connectivity index (χ3v) is 3.05. The SMILES string of the molecule is CCCc1cc(N)c2cc(Br)c(F)cc2n1. The first kappa shape index (κ1) is 11.3. The van der Waals surface area contributed by atoms with Gasteiger partial charge in [0.15, 0.2) is 0 Å². The van der Waals surface area contributed by atoms with Crippen LogP contribution >= 0.6 is 15.9 Å². The maximum Gasteiger partial charge on any atom is 0.139 e. The first-order valence-electron chi connectivity index (χ1n) is 5.16. The molecule has 1 aromatic carbocycles. The van der Waals surface area contributed by atoms with Crippen molar-refractivity contribution in [2.24, 2.45) is 0 Å². The molecular formula is C12H12BrFN2. The van der Waals surface area contributed by atoms with E-state index >= 15 is 0 Å². The van der Waals surface area contributed by atoms with Crippen molar-refractivity contribution >= 4 is 32.5 Å². The van der Waals surface area contributed by atoms with Crippen LogP contribution in [0.25, 0.3) is 10.9 Å². The number of fused-ring (bicyclic) bond motifs is 1. The summed E-state index contributed by atoms with van der Waals surface area (Å²) in [6, 6.07) is 4.94. The number of aryl methyl sites for hydroxylation is 1. The van der Waals surface area contributed by atoms with E-state index in [9.17, 15) is 4.39 Å². The molecule has 0 saturated heterocycles. The maximum atomic E-state index is 13.4. The summed E-state index contributed by atoms with van der Waals surface area (Å²) in [5, 5.41) is 0.785. The van der Waals surface area contributed by atoms with Gasteiger partial charge in [-0.3, -0.25) is 4.98 Å². The zero-order valence-electron chi connectivity index (χ0n) is 8.93. The number of aromatic nitrogens is 1. The molecular weight excluding hydrogens is 271 g/mol. The molecule has 16 heavy (non-hydrogen) atoms. The third-order valence-electron chi connectivity index (χ3n) is 2.44. The van der Waals surface area contributed by atoms with Crippen molar-refractivity contribution < 1.29 is 4.39 Å². The van der Waals surface area contributed by atoms with Gasteiger partial charge in [0, 0.05) is 22.8 Å². The second-order valence-electron chi connectivity index (χ2n) is 3.74. The molecule has 0 aliphatic heterocycles. The van der Waals surface area contributed by atoms with E-state index in [-0.39, 0.29) is 5.82 Å². The normalized spacial score (nSPS) is 10.9. The minimum Gasteiger partial charge on any atom is -0.398 e. The topological polar surface area (TPSA) is 38.9 Å². The third kappa shape index (κ3) is 2.02. The highest BCUT2D eigenvalue weighted by Crippen LogP contribution is 2.27. The average molecular weight is 283 g/mol. The van der Waals surface area contributed by atoms with Crippen LogP contribution in [0.4, 0.5) is 10.1 Å². The van der Waals surface area contributed by atoms with Gasteiger partial charge in [0.05, 0.1) is 9.99 Å². The Morgan fingerprint density at radius 2 is 2.12 bits per heavy atom. The predicted molar refractivity (Wildman–Crippen MR) is 67.8 cm³/mol. The van der Waals surface area contributed by atoms with Gasteiger partial charge in [-0.25, -0.2) is 4.39 Å². The smallest absolute Gasteiger partial charge is 0.139 e. The number of hydrogen-bond acceptors (Lipinski definition) is 2. The molecule has 84 valence electrons. The van der Waals surface area contributed by atoms with Gasteiger partial charge in [0.2, 0.25) is 0 Å². The van der Waals surface area contributed by atoms with Gasteiger partial charge >= 0.3 is 0 Å². The lowest BCUT2D eigenvalue weighted by Gasteiger charge is -2.06. The van der Waals surface area contributed by atoms with Crippen LogP contribution in [0.5, 0.6) is 0 Å². The summed E-state index contributed by atoms with van der Waals surface area (Å²) in [5.74, 6) is -0.312. The summed E-state index contributed by atoms with van der Waals surface area (Å²) in [4.78, 5) is 4.39. The zero-order chi connectivity index (χ0) is 11.7. The van der Waals surface area contributed by atoms with E-state index in [1.807, 2.05) is 6.07 Å². The molecule has 0 saturated carbocycles. The molecule has 2 rings (SSSR count). The minimum absolute atomic E-state index is 0.312. The number of nitrogens with zero attached hydrogens (tertiary/aromatic N) is 1. The maximum absolute atomic E-state index is 13.4. The lowest BCUT2D eigenvalue weighted by Crippen LogP contribution is -1.96. The molecule has 0 radical (unpaired) electrons. The Labute approximate surface area is 102 Å². The van der Waals surface area contributed by atoms with Crippen LogP contribution < -0.4 is 5.73 Å². The molecule has 0 aliphatic carbocycles. The fraction of sp³-hybridized carbons (Fsp3) is 0.250. The molecule has 2 aromatic rings. The predicted octanol–water partition coefficient (Wildman–Crippen LogP) is 3.67. The highest BCUT2D eigenvalue weighted by atomic mass is 79.9. The van der Waals surface area contributed by atoms with E-state index in [1.165, 1.54) is 6.07 Å². The van der Waals surface area contributed by atoms with Crippen LogP contribution in [0.1, 0.15) is 19.0 Å². The van der Waals surface area contributed by atoms with Gasteiger partial charge in [0.1, 0.15) is 5.82 Å². The first-order chi connectivity index (χ1) is 7.61. The molecule has 0 fully saturated rings. The molecule has 2 N–H and O–H groups in total. The molecule has 0 amide bonds. The molecule has 0 bridgehead atoms. The number of rotatable bonds is 2. The second kappa shape index (κ2) is 4.37. The summed E-state index contributed by atoms with van der Waals surface area (Å²) in [6.07, 6.45) is 1.86. The Kier molecular flexibility index (Phi) is 3.10. The zero-order valence-corrected chi connectivity index (χ0v) is 10.5. The lowest BCUT2D eigenvalue weighted by atomic mass is 10.1. The Balaban J connectivity index is 2.67. The molecule has 0 spiro atoms. The number of nitrogens with two attached hydrogens (primary N) is 1.